The van der Waals surface area contributed by atoms with Crippen molar-refractivity contribution in [2.75, 3.05) is 13.6 Å². The Balaban J connectivity index is 3.56. The Hall–Kier alpha value is -0.990. The molecule has 0 aromatic rings. The van der Waals surface area contributed by atoms with Gasteiger partial charge in [0, 0.05) is 13.0 Å². The zero-order chi connectivity index (χ0) is 7.98. The number of nitriles is 1. The summed E-state index contributed by atoms with van der Waals surface area (Å²) in [5.74, 6) is 2.59. The van der Waals surface area contributed by atoms with Gasteiger partial charge in [0.05, 0.1) is 12.1 Å². The van der Waals surface area contributed by atoms with Gasteiger partial charge in [-0.05, 0) is 14.0 Å². The Morgan fingerprint density at radius 2 is 2.30 bits per heavy atom. The fourth-order valence-electron chi connectivity index (χ4n) is 0.547. The summed E-state index contributed by atoms with van der Waals surface area (Å²) >= 11 is 0. The van der Waals surface area contributed by atoms with Crippen LogP contribution in [-0.4, -0.2) is 24.5 Å². The minimum atomic E-state index is 0.133. The Bertz CT molecular complexity index is 161. The second-order valence-electron chi connectivity index (χ2n) is 2.23. The maximum absolute atomic E-state index is 8.24. The molecule has 0 saturated heterocycles. The molecule has 0 aliphatic carbocycles. The van der Waals surface area contributed by atoms with E-state index in [1.165, 1.54) is 0 Å². The second-order valence-corrected chi connectivity index (χ2v) is 2.23. The molecule has 0 saturated carbocycles. The number of nitrogens with zero attached hydrogens (tertiary/aromatic N) is 2. The van der Waals surface area contributed by atoms with Crippen molar-refractivity contribution in [1.82, 2.24) is 4.90 Å². The third kappa shape index (κ3) is 3.12. The van der Waals surface area contributed by atoms with Crippen molar-refractivity contribution in [3.05, 3.63) is 0 Å². The van der Waals surface area contributed by atoms with E-state index in [1.807, 2.05) is 18.9 Å². The van der Waals surface area contributed by atoms with Crippen LogP contribution in [0.5, 0.6) is 0 Å². The van der Waals surface area contributed by atoms with E-state index < -0.39 is 0 Å². The second kappa shape index (κ2) is 4.85. The highest BCUT2D eigenvalue weighted by molar-refractivity contribution is 4.96. The van der Waals surface area contributed by atoms with Gasteiger partial charge >= 0.3 is 0 Å². The fraction of sp³-hybridized carbons (Fsp3) is 0.625. The van der Waals surface area contributed by atoms with E-state index in [-0.39, 0.29) is 6.04 Å². The molecule has 0 aliphatic rings. The van der Waals surface area contributed by atoms with Crippen LogP contribution in [0.15, 0.2) is 0 Å². The van der Waals surface area contributed by atoms with Crippen LogP contribution < -0.4 is 0 Å². The van der Waals surface area contributed by atoms with Gasteiger partial charge in [0.1, 0.15) is 0 Å². The lowest BCUT2D eigenvalue weighted by Crippen LogP contribution is -2.28. The largest absolute Gasteiger partial charge is 0.292 e. The third-order valence-corrected chi connectivity index (χ3v) is 1.48. The van der Waals surface area contributed by atoms with Gasteiger partial charge in [0.15, 0.2) is 0 Å². The Morgan fingerprint density at radius 1 is 1.70 bits per heavy atom. The predicted octanol–water partition coefficient (Wildman–Crippen LogP) is 0.854. The van der Waals surface area contributed by atoms with Crippen LogP contribution in [0.1, 0.15) is 13.3 Å². The minimum Gasteiger partial charge on any atom is -0.292 e. The molecule has 0 aromatic heterocycles. The van der Waals surface area contributed by atoms with Gasteiger partial charge in [-0.15, -0.1) is 6.42 Å². The van der Waals surface area contributed by atoms with Crippen LogP contribution in [0.2, 0.25) is 0 Å². The molecule has 1 unspecified atom stereocenters. The molecular formula is C8H12N2. The number of rotatable bonds is 3. The van der Waals surface area contributed by atoms with E-state index in [1.54, 1.807) is 0 Å². The van der Waals surface area contributed by atoms with E-state index in [4.69, 9.17) is 11.7 Å². The summed E-state index contributed by atoms with van der Waals surface area (Å²) in [7, 11) is 1.92. The first-order valence-corrected chi connectivity index (χ1v) is 3.25. The van der Waals surface area contributed by atoms with Crippen molar-refractivity contribution in [2.45, 2.75) is 19.4 Å². The van der Waals surface area contributed by atoms with E-state index in [0.29, 0.717) is 6.42 Å². The SMILES string of the molecule is C#CC(C)N(C)CCC#N. The molecule has 0 N–H and O–H groups in total. The molecule has 0 rings (SSSR count). The molecule has 0 aliphatic heterocycles. The maximum atomic E-state index is 8.24. The summed E-state index contributed by atoms with van der Waals surface area (Å²) in [6.07, 6.45) is 5.71. The normalized spacial score (nSPS) is 12.1. The topological polar surface area (TPSA) is 27.0 Å². The van der Waals surface area contributed by atoms with Gasteiger partial charge in [-0.1, -0.05) is 5.92 Å². The molecule has 0 bridgehead atoms. The average Bonchev–Trinajstić information content (AvgIpc) is 1.98. The number of hydrogen-bond donors (Lipinski definition) is 0. The van der Waals surface area contributed by atoms with Crippen LogP contribution in [0.25, 0.3) is 0 Å². The highest BCUT2D eigenvalue weighted by Gasteiger charge is 2.02. The molecule has 54 valence electrons. The molecule has 0 spiro atoms. The minimum absolute atomic E-state index is 0.133. The van der Waals surface area contributed by atoms with Crippen LogP contribution in [0.3, 0.4) is 0 Å². The summed E-state index contributed by atoms with van der Waals surface area (Å²) in [6, 6.07) is 2.20. The standard InChI is InChI=1S/C8H12N2/c1-4-8(2)10(3)7-5-6-9/h1,8H,5,7H2,2-3H3. The van der Waals surface area contributed by atoms with E-state index >= 15 is 0 Å². The lowest BCUT2D eigenvalue weighted by atomic mass is 10.3. The summed E-state index contributed by atoms with van der Waals surface area (Å²) in [5.41, 5.74) is 0. The van der Waals surface area contributed by atoms with Gasteiger partial charge in [-0.25, -0.2) is 0 Å². The van der Waals surface area contributed by atoms with Crippen LogP contribution in [-0.2, 0) is 0 Å². The van der Waals surface area contributed by atoms with Crippen molar-refractivity contribution in [3.63, 3.8) is 0 Å². The third-order valence-electron chi connectivity index (χ3n) is 1.48. The molecule has 0 aromatic carbocycles. The van der Waals surface area contributed by atoms with Crippen LogP contribution in [0, 0.1) is 23.7 Å². The molecule has 0 amide bonds. The van der Waals surface area contributed by atoms with E-state index in [0.717, 1.165) is 6.54 Å². The number of terminal acetylenes is 1. The zero-order valence-corrected chi connectivity index (χ0v) is 6.46. The van der Waals surface area contributed by atoms with Crippen molar-refractivity contribution in [3.8, 4) is 18.4 Å². The van der Waals surface area contributed by atoms with Crippen molar-refractivity contribution < 1.29 is 0 Å². The van der Waals surface area contributed by atoms with Crippen LogP contribution in [0.4, 0.5) is 0 Å². The smallest absolute Gasteiger partial charge is 0.0681 e. The first-order chi connectivity index (χ1) is 4.72. The number of hydrogen-bond acceptors (Lipinski definition) is 2. The molecule has 10 heavy (non-hydrogen) atoms. The summed E-state index contributed by atoms with van der Waals surface area (Å²) in [4.78, 5) is 1.98. The van der Waals surface area contributed by atoms with Crippen molar-refractivity contribution in [1.29, 1.82) is 5.26 Å². The predicted molar refractivity (Wildman–Crippen MR) is 41.2 cm³/mol. The monoisotopic (exact) mass is 136 g/mol. The summed E-state index contributed by atoms with van der Waals surface area (Å²) < 4.78 is 0. The first kappa shape index (κ1) is 9.01. The van der Waals surface area contributed by atoms with Crippen molar-refractivity contribution in [2.24, 2.45) is 0 Å². The zero-order valence-electron chi connectivity index (χ0n) is 6.46. The van der Waals surface area contributed by atoms with Crippen LogP contribution >= 0.6 is 0 Å². The fourth-order valence-corrected chi connectivity index (χ4v) is 0.547. The Morgan fingerprint density at radius 3 is 2.70 bits per heavy atom. The van der Waals surface area contributed by atoms with E-state index in [9.17, 15) is 0 Å². The first-order valence-electron chi connectivity index (χ1n) is 3.25. The summed E-state index contributed by atoms with van der Waals surface area (Å²) in [6.45, 7) is 2.69. The molecular weight excluding hydrogens is 124 g/mol. The average molecular weight is 136 g/mol. The Labute approximate surface area is 62.4 Å². The highest BCUT2D eigenvalue weighted by Crippen LogP contribution is 1.93. The summed E-state index contributed by atoms with van der Waals surface area (Å²) in [5, 5.41) is 8.24. The van der Waals surface area contributed by atoms with Crippen molar-refractivity contribution >= 4 is 0 Å². The highest BCUT2D eigenvalue weighted by atomic mass is 15.1. The quantitative estimate of drug-likeness (QED) is 0.538. The molecule has 2 nitrogen and oxygen atoms in total. The lowest BCUT2D eigenvalue weighted by molar-refractivity contribution is 0.312. The van der Waals surface area contributed by atoms with Gasteiger partial charge < -0.3 is 0 Å². The van der Waals surface area contributed by atoms with E-state index in [2.05, 4.69) is 12.0 Å². The lowest BCUT2D eigenvalue weighted by Gasteiger charge is -2.17. The van der Waals surface area contributed by atoms with Gasteiger partial charge in [0.2, 0.25) is 0 Å². The maximum Gasteiger partial charge on any atom is 0.0681 e. The van der Waals surface area contributed by atoms with Gasteiger partial charge in [-0.2, -0.15) is 5.26 Å². The molecule has 2 heteroatoms. The molecule has 1 atom stereocenters. The molecule has 0 fully saturated rings. The molecule has 0 radical (unpaired) electrons. The Kier molecular flexibility index (Phi) is 4.37. The molecule has 0 heterocycles. The van der Waals surface area contributed by atoms with Gasteiger partial charge in [-0.3, -0.25) is 4.90 Å². The van der Waals surface area contributed by atoms with Gasteiger partial charge in [0.25, 0.3) is 0 Å².